The van der Waals surface area contributed by atoms with Crippen molar-refractivity contribution in [3.05, 3.63) is 64.5 Å². The number of aryl methyl sites for hydroxylation is 1. The van der Waals surface area contributed by atoms with Gasteiger partial charge in [0.05, 0.1) is 11.3 Å². The topological polar surface area (TPSA) is 70.5 Å². The third-order valence-corrected chi connectivity index (χ3v) is 4.40. The molecule has 26 heavy (non-hydrogen) atoms. The Bertz CT molecular complexity index is 880. The Balaban J connectivity index is 1.97. The van der Waals surface area contributed by atoms with Crippen LogP contribution in [0.3, 0.4) is 0 Å². The molecule has 8 heteroatoms. The molecule has 1 atom stereocenters. The average molecular weight is 364 g/mol. The lowest BCUT2D eigenvalue weighted by atomic mass is 9.93. The molecule has 1 aromatic heterocycles. The molecule has 0 radical (unpaired) electrons. The van der Waals surface area contributed by atoms with E-state index in [-0.39, 0.29) is 24.2 Å². The smallest absolute Gasteiger partial charge is 0.433 e. The molecule has 1 N–H and O–H groups in total. The summed E-state index contributed by atoms with van der Waals surface area (Å²) in [4.78, 5) is 29.1. The minimum absolute atomic E-state index is 0.0383. The van der Waals surface area contributed by atoms with Crippen LogP contribution < -0.4 is 0 Å². The van der Waals surface area contributed by atoms with Crippen molar-refractivity contribution >= 4 is 11.9 Å². The van der Waals surface area contributed by atoms with Crippen LogP contribution >= 0.6 is 0 Å². The fourth-order valence-electron chi connectivity index (χ4n) is 3.06. The first-order chi connectivity index (χ1) is 12.2. The first-order valence-electron chi connectivity index (χ1n) is 7.84. The van der Waals surface area contributed by atoms with Gasteiger partial charge in [0.25, 0.3) is 5.91 Å². The number of carbonyl (C=O) groups is 2. The van der Waals surface area contributed by atoms with Crippen molar-refractivity contribution in [1.82, 2.24) is 9.88 Å². The van der Waals surface area contributed by atoms with E-state index < -0.39 is 29.8 Å². The minimum Gasteiger partial charge on any atom is -0.480 e. The van der Waals surface area contributed by atoms with Gasteiger partial charge in [0.1, 0.15) is 11.7 Å². The molecule has 0 fully saturated rings. The molecule has 3 rings (SSSR count). The number of carboxylic acids is 1. The van der Waals surface area contributed by atoms with Gasteiger partial charge in [-0.1, -0.05) is 24.3 Å². The van der Waals surface area contributed by atoms with E-state index in [4.69, 9.17) is 0 Å². The molecule has 136 valence electrons. The lowest BCUT2D eigenvalue weighted by Crippen LogP contribution is -2.48. The number of rotatable bonds is 2. The molecule has 1 aromatic carbocycles. The van der Waals surface area contributed by atoms with Crippen LogP contribution in [0.4, 0.5) is 13.2 Å². The van der Waals surface area contributed by atoms with Crippen molar-refractivity contribution in [1.29, 1.82) is 0 Å². The van der Waals surface area contributed by atoms with E-state index in [1.807, 2.05) is 0 Å². The van der Waals surface area contributed by atoms with Crippen LogP contribution in [0.5, 0.6) is 0 Å². The number of carbonyl (C=O) groups excluding carboxylic acids is 1. The zero-order valence-corrected chi connectivity index (χ0v) is 13.7. The van der Waals surface area contributed by atoms with Gasteiger partial charge in [0.2, 0.25) is 0 Å². The van der Waals surface area contributed by atoms with Crippen LogP contribution in [0.25, 0.3) is 0 Å². The van der Waals surface area contributed by atoms with Crippen LogP contribution in [0.2, 0.25) is 0 Å². The Morgan fingerprint density at radius 1 is 1.15 bits per heavy atom. The summed E-state index contributed by atoms with van der Waals surface area (Å²) in [5.41, 5.74) is 0.434. The zero-order valence-electron chi connectivity index (χ0n) is 13.7. The number of nitrogens with zero attached hydrogens (tertiary/aromatic N) is 2. The minimum atomic E-state index is -4.61. The van der Waals surface area contributed by atoms with Gasteiger partial charge < -0.3 is 10.0 Å². The standard InChI is InChI=1S/C18H15F3N2O3/c1-10-13(6-7-15(22-10)18(19,20)21)16(24)23-9-12-5-3-2-4-11(12)8-14(23)17(25)26/h2-7,14H,8-9H2,1H3,(H,25,26)/t14-/m1/s1. The van der Waals surface area contributed by atoms with Gasteiger partial charge >= 0.3 is 12.1 Å². The largest absolute Gasteiger partial charge is 0.480 e. The van der Waals surface area contributed by atoms with Crippen LogP contribution in [0.1, 0.15) is 32.9 Å². The van der Waals surface area contributed by atoms with Gasteiger partial charge in [-0.15, -0.1) is 0 Å². The van der Waals surface area contributed by atoms with Gasteiger partial charge in [-0.2, -0.15) is 13.2 Å². The van der Waals surface area contributed by atoms with Gasteiger partial charge in [-0.3, -0.25) is 4.79 Å². The second kappa shape index (κ2) is 6.44. The van der Waals surface area contributed by atoms with E-state index in [1.54, 1.807) is 24.3 Å². The summed E-state index contributed by atoms with van der Waals surface area (Å²) in [5, 5.41) is 9.49. The van der Waals surface area contributed by atoms with Crippen molar-refractivity contribution in [3.8, 4) is 0 Å². The number of hydrogen-bond donors (Lipinski definition) is 1. The lowest BCUT2D eigenvalue weighted by Gasteiger charge is -2.34. The quantitative estimate of drug-likeness (QED) is 0.889. The molecule has 0 saturated heterocycles. The fraction of sp³-hybridized carbons (Fsp3) is 0.278. The lowest BCUT2D eigenvalue weighted by molar-refractivity contribution is -0.143. The molecule has 1 aliphatic heterocycles. The highest BCUT2D eigenvalue weighted by Crippen LogP contribution is 2.30. The predicted molar refractivity (Wildman–Crippen MR) is 85.4 cm³/mol. The Labute approximate surface area is 147 Å². The van der Waals surface area contributed by atoms with Crippen molar-refractivity contribution in [2.45, 2.75) is 32.1 Å². The van der Waals surface area contributed by atoms with Crippen LogP contribution in [-0.2, 0) is 23.9 Å². The maximum atomic E-state index is 12.8. The maximum absolute atomic E-state index is 12.8. The predicted octanol–water partition coefficient (Wildman–Crippen LogP) is 3.06. The summed E-state index contributed by atoms with van der Waals surface area (Å²) in [6, 6.07) is 7.87. The highest BCUT2D eigenvalue weighted by Gasteiger charge is 2.37. The second-order valence-electron chi connectivity index (χ2n) is 6.09. The highest BCUT2D eigenvalue weighted by atomic mass is 19.4. The SMILES string of the molecule is Cc1nc(C(F)(F)F)ccc1C(=O)N1Cc2ccccc2C[C@@H]1C(=O)O. The Morgan fingerprint density at radius 2 is 1.81 bits per heavy atom. The van der Waals surface area contributed by atoms with Crippen molar-refractivity contribution in [3.63, 3.8) is 0 Å². The first kappa shape index (κ1) is 17.9. The van der Waals surface area contributed by atoms with Crippen molar-refractivity contribution in [2.75, 3.05) is 0 Å². The molecule has 2 aromatic rings. The summed E-state index contributed by atoms with van der Waals surface area (Å²) in [5.74, 6) is -1.81. The van der Waals surface area contributed by atoms with Gasteiger partial charge in [0, 0.05) is 13.0 Å². The average Bonchev–Trinajstić information content (AvgIpc) is 2.59. The number of benzene rings is 1. The second-order valence-corrected chi connectivity index (χ2v) is 6.09. The molecule has 0 spiro atoms. The molecular formula is C18H15F3N2O3. The summed E-state index contributed by atoms with van der Waals surface area (Å²) in [6.07, 6.45) is -4.47. The van der Waals surface area contributed by atoms with E-state index in [1.165, 1.54) is 11.8 Å². The Morgan fingerprint density at radius 3 is 2.38 bits per heavy atom. The van der Waals surface area contributed by atoms with E-state index in [2.05, 4.69) is 4.98 Å². The normalized spacial score (nSPS) is 16.9. The Hall–Kier alpha value is -2.90. The monoisotopic (exact) mass is 364 g/mol. The number of pyridine rings is 1. The summed E-state index contributed by atoms with van der Waals surface area (Å²) >= 11 is 0. The first-order valence-corrected chi connectivity index (χ1v) is 7.84. The zero-order chi connectivity index (χ0) is 19.1. The van der Waals surface area contributed by atoms with E-state index >= 15 is 0 Å². The van der Waals surface area contributed by atoms with E-state index in [0.29, 0.717) is 0 Å². The molecule has 0 aliphatic carbocycles. The molecule has 1 aliphatic rings. The number of halogens is 3. The number of hydrogen-bond acceptors (Lipinski definition) is 3. The van der Waals surface area contributed by atoms with E-state index in [9.17, 15) is 27.9 Å². The summed E-state index contributed by atoms with van der Waals surface area (Å²) in [6.45, 7) is 1.38. The number of aromatic nitrogens is 1. The van der Waals surface area contributed by atoms with Crippen LogP contribution in [0.15, 0.2) is 36.4 Å². The highest BCUT2D eigenvalue weighted by molar-refractivity contribution is 5.97. The molecule has 1 amide bonds. The van der Waals surface area contributed by atoms with Gasteiger partial charge in [-0.05, 0) is 30.2 Å². The summed E-state index contributed by atoms with van der Waals surface area (Å²) < 4.78 is 38.3. The molecule has 0 bridgehead atoms. The fourth-order valence-corrected chi connectivity index (χ4v) is 3.06. The third kappa shape index (κ3) is 3.26. The molecule has 5 nitrogen and oxygen atoms in total. The third-order valence-electron chi connectivity index (χ3n) is 4.40. The van der Waals surface area contributed by atoms with Gasteiger partial charge in [-0.25, -0.2) is 9.78 Å². The number of amides is 1. The van der Waals surface area contributed by atoms with Crippen molar-refractivity contribution in [2.24, 2.45) is 0 Å². The van der Waals surface area contributed by atoms with Crippen LogP contribution in [-0.4, -0.2) is 32.9 Å². The molecule has 0 unspecified atom stereocenters. The van der Waals surface area contributed by atoms with Crippen LogP contribution in [0, 0.1) is 6.92 Å². The Kier molecular flexibility index (Phi) is 4.43. The molecule has 0 saturated carbocycles. The van der Waals surface area contributed by atoms with E-state index in [0.717, 1.165) is 23.3 Å². The number of carboxylic acid groups (broad SMARTS) is 1. The van der Waals surface area contributed by atoms with Crippen molar-refractivity contribution < 1.29 is 27.9 Å². The number of fused-ring (bicyclic) bond motifs is 1. The maximum Gasteiger partial charge on any atom is 0.433 e. The summed E-state index contributed by atoms with van der Waals surface area (Å²) in [7, 11) is 0. The number of alkyl halides is 3. The molecular weight excluding hydrogens is 349 g/mol. The number of aliphatic carboxylic acids is 1. The van der Waals surface area contributed by atoms with Gasteiger partial charge in [0.15, 0.2) is 0 Å². The molecule has 2 heterocycles.